The molecule has 0 unspecified atom stereocenters. The monoisotopic (exact) mass is 572 g/mol. The third-order valence-electron chi connectivity index (χ3n) is 5.24. The summed E-state index contributed by atoms with van der Waals surface area (Å²) < 4.78 is 6.43. The molecule has 0 fully saturated rings. The number of aromatic hydroxyl groups is 1. The van der Waals surface area contributed by atoms with Crippen LogP contribution in [0.15, 0.2) is 57.5 Å². The third kappa shape index (κ3) is 4.38. The van der Waals surface area contributed by atoms with Crippen LogP contribution in [0.4, 0.5) is 16.2 Å². The minimum atomic E-state index is -0.496. The van der Waals surface area contributed by atoms with Gasteiger partial charge < -0.3 is 20.5 Å². The number of ketones is 2. The zero-order valence-corrected chi connectivity index (χ0v) is 20.5. The van der Waals surface area contributed by atoms with Crippen LogP contribution in [0.25, 0.3) is 0 Å². The Morgan fingerprint density at radius 1 is 0.970 bits per heavy atom. The number of fused-ring (bicyclic) bond motifs is 2. The summed E-state index contributed by atoms with van der Waals surface area (Å²) in [5.41, 5.74) is 2.63. The lowest BCUT2D eigenvalue weighted by atomic mass is 9.82. The Kier molecular flexibility index (Phi) is 6.53. The molecule has 1 aliphatic carbocycles. The van der Waals surface area contributed by atoms with E-state index in [0.29, 0.717) is 32.3 Å². The number of phenols is 1. The number of hydrogen-bond donors (Lipinski definition) is 3. The molecule has 0 bridgehead atoms. The van der Waals surface area contributed by atoms with Crippen LogP contribution in [0, 0.1) is 0 Å². The second kappa shape index (κ2) is 9.36. The number of phenolic OH excluding ortho intramolecular Hbond substituents is 1. The summed E-state index contributed by atoms with van der Waals surface area (Å²) in [7, 11) is 1.49. The number of benzene rings is 3. The summed E-state index contributed by atoms with van der Waals surface area (Å²) in [5.74, 6) is -0.979. The highest BCUT2D eigenvalue weighted by molar-refractivity contribution is 9.11. The summed E-state index contributed by atoms with van der Waals surface area (Å²) in [4.78, 5) is 37.5. The minimum Gasteiger partial charge on any atom is -0.507 e. The van der Waals surface area contributed by atoms with Gasteiger partial charge in [-0.05, 0) is 61.7 Å². The number of anilines is 2. The van der Waals surface area contributed by atoms with Crippen molar-refractivity contribution >= 4 is 60.9 Å². The summed E-state index contributed by atoms with van der Waals surface area (Å²) in [6, 6.07) is 13.3. The molecule has 1 amide bonds. The number of rotatable bonds is 5. The van der Waals surface area contributed by atoms with Gasteiger partial charge in [-0.2, -0.15) is 0 Å². The molecule has 3 aromatic carbocycles. The number of amides is 1. The number of halogens is 2. The fraction of sp³-hybridized carbons (Fsp3) is 0.125. The lowest BCUT2D eigenvalue weighted by molar-refractivity contribution is 0.0977. The summed E-state index contributed by atoms with van der Waals surface area (Å²) in [6.45, 7) is 0.215. The van der Waals surface area contributed by atoms with Crippen LogP contribution in [-0.4, -0.2) is 36.4 Å². The Balaban J connectivity index is 1.68. The number of hydrogen-bond acceptors (Lipinski definition) is 6. The standard InChI is InChI=1S/C24H18Br2N2O5/c1-27-24(32)33-9-8-12-10-15(25)21(16(26)11-12)28-17-6-7-18(29)20-19(17)22(30)13-4-2-3-5-14(13)23(20)31/h2-7,10-11,28-29H,8-9H2,1H3,(H,27,32). The van der Waals surface area contributed by atoms with Crippen molar-refractivity contribution in [2.45, 2.75) is 6.42 Å². The highest BCUT2D eigenvalue weighted by atomic mass is 79.9. The average Bonchev–Trinajstić information content (AvgIpc) is 2.80. The van der Waals surface area contributed by atoms with Crippen molar-refractivity contribution < 1.29 is 24.2 Å². The van der Waals surface area contributed by atoms with Crippen molar-refractivity contribution in [3.63, 3.8) is 0 Å². The largest absolute Gasteiger partial charge is 0.507 e. The fourth-order valence-electron chi connectivity index (χ4n) is 3.67. The van der Waals surface area contributed by atoms with E-state index in [0.717, 1.165) is 5.56 Å². The number of carbonyl (C=O) groups is 3. The van der Waals surface area contributed by atoms with E-state index >= 15 is 0 Å². The van der Waals surface area contributed by atoms with Gasteiger partial charge in [0.2, 0.25) is 0 Å². The van der Waals surface area contributed by atoms with Gasteiger partial charge in [0.1, 0.15) is 5.75 Å². The van der Waals surface area contributed by atoms with Gasteiger partial charge in [0.25, 0.3) is 0 Å². The van der Waals surface area contributed by atoms with Crippen molar-refractivity contribution in [1.29, 1.82) is 0 Å². The predicted octanol–water partition coefficient (Wildman–Crippen LogP) is 5.33. The average molecular weight is 574 g/mol. The normalized spacial score (nSPS) is 12.1. The summed E-state index contributed by atoms with van der Waals surface area (Å²) in [5, 5.41) is 16.0. The Bertz CT molecular complexity index is 1280. The fourth-order valence-corrected chi connectivity index (χ4v) is 5.15. The molecule has 0 aliphatic heterocycles. The number of nitrogens with one attached hydrogen (secondary N) is 2. The van der Waals surface area contributed by atoms with Crippen LogP contribution >= 0.6 is 31.9 Å². The van der Waals surface area contributed by atoms with Crippen LogP contribution in [0.3, 0.4) is 0 Å². The molecule has 0 atom stereocenters. The molecule has 4 rings (SSSR count). The van der Waals surface area contributed by atoms with Gasteiger partial charge in [0, 0.05) is 33.5 Å². The Morgan fingerprint density at radius 2 is 1.58 bits per heavy atom. The van der Waals surface area contributed by atoms with Crippen LogP contribution < -0.4 is 10.6 Å². The van der Waals surface area contributed by atoms with E-state index in [4.69, 9.17) is 4.74 Å². The van der Waals surface area contributed by atoms with E-state index < -0.39 is 11.9 Å². The highest BCUT2D eigenvalue weighted by Crippen LogP contribution is 2.41. The van der Waals surface area contributed by atoms with Crippen LogP contribution in [0.1, 0.15) is 37.4 Å². The van der Waals surface area contributed by atoms with Gasteiger partial charge >= 0.3 is 6.09 Å². The Labute approximate surface area is 206 Å². The van der Waals surface area contributed by atoms with E-state index in [2.05, 4.69) is 42.5 Å². The van der Waals surface area contributed by atoms with Crippen molar-refractivity contribution in [3.8, 4) is 5.75 Å². The van der Waals surface area contributed by atoms with Crippen LogP contribution in [0.5, 0.6) is 5.75 Å². The molecule has 7 nitrogen and oxygen atoms in total. The first-order valence-electron chi connectivity index (χ1n) is 9.95. The molecule has 9 heteroatoms. The predicted molar refractivity (Wildman–Crippen MR) is 131 cm³/mol. The Hall–Kier alpha value is -3.17. The molecule has 0 radical (unpaired) electrons. The van der Waals surface area contributed by atoms with Crippen molar-refractivity contribution in [2.24, 2.45) is 0 Å². The van der Waals surface area contributed by atoms with E-state index in [-0.39, 0.29) is 34.8 Å². The topological polar surface area (TPSA) is 105 Å². The maximum atomic E-state index is 13.3. The zero-order valence-electron chi connectivity index (χ0n) is 17.4. The molecule has 0 heterocycles. The quantitative estimate of drug-likeness (QED) is 0.279. The maximum Gasteiger partial charge on any atom is 0.406 e. The van der Waals surface area contributed by atoms with E-state index in [1.807, 2.05) is 12.1 Å². The van der Waals surface area contributed by atoms with Gasteiger partial charge in [-0.25, -0.2) is 4.79 Å². The molecule has 0 saturated carbocycles. The van der Waals surface area contributed by atoms with Crippen molar-refractivity contribution in [2.75, 3.05) is 19.0 Å². The second-order valence-electron chi connectivity index (χ2n) is 7.28. The molecule has 3 aromatic rings. The molecule has 1 aliphatic rings. The molecular weight excluding hydrogens is 556 g/mol. The first-order valence-corrected chi connectivity index (χ1v) is 11.5. The maximum absolute atomic E-state index is 13.3. The molecular formula is C24H18Br2N2O5. The molecule has 3 N–H and O–H groups in total. The van der Waals surface area contributed by atoms with E-state index in [9.17, 15) is 19.5 Å². The smallest absolute Gasteiger partial charge is 0.406 e. The number of ether oxygens (including phenoxy) is 1. The van der Waals surface area contributed by atoms with Gasteiger partial charge in [0.05, 0.1) is 29.1 Å². The summed E-state index contributed by atoms with van der Waals surface area (Å²) >= 11 is 7.08. The zero-order chi connectivity index (χ0) is 23.7. The first-order chi connectivity index (χ1) is 15.8. The molecule has 0 saturated heterocycles. The van der Waals surface area contributed by atoms with Gasteiger partial charge in [-0.3, -0.25) is 9.59 Å². The molecule has 0 aromatic heterocycles. The molecule has 168 valence electrons. The number of carbonyl (C=O) groups excluding carboxylic acids is 3. The van der Waals surface area contributed by atoms with Crippen LogP contribution in [0.2, 0.25) is 0 Å². The Morgan fingerprint density at radius 3 is 2.18 bits per heavy atom. The van der Waals surface area contributed by atoms with Gasteiger partial charge in [-0.1, -0.05) is 24.3 Å². The van der Waals surface area contributed by atoms with Crippen molar-refractivity contribution in [1.82, 2.24) is 5.32 Å². The second-order valence-corrected chi connectivity index (χ2v) is 8.99. The number of alkyl carbamates (subject to hydrolysis) is 1. The van der Waals surface area contributed by atoms with Crippen LogP contribution in [-0.2, 0) is 11.2 Å². The third-order valence-corrected chi connectivity index (χ3v) is 6.49. The lowest BCUT2D eigenvalue weighted by Crippen LogP contribution is -2.22. The molecule has 0 spiro atoms. The van der Waals surface area contributed by atoms with E-state index in [1.165, 1.54) is 13.1 Å². The SMILES string of the molecule is CNC(=O)OCCc1cc(Br)c(Nc2ccc(O)c3c2C(=O)c2ccccc2C3=O)c(Br)c1. The minimum absolute atomic E-state index is 0.0149. The van der Waals surface area contributed by atoms with E-state index in [1.54, 1.807) is 30.3 Å². The highest BCUT2D eigenvalue weighted by Gasteiger charge is 2.34. The summed E-state index contributed by atoms with van der Waals surface area (Å²) in [6.07, 6.45) is 0.00724. The van der Waals surface area contributed by atoms with Gasteiger partial charge in [0.15, 0.2) is 11.6 Å². The van der Waals surface area contributed by atoms with Crippen molar-refractivity contribution in [3.05, 3.63) is 85.3 Å². The first kappa shape index (κ1) is 23.0. The molecule has 33 heavy (non-hydrogen) atoms. The lowest BCUT2D eigenvalue weighted by Gasteiger charge is -2.22. The van der Waals surface area contributed by atoms with Gasteiger partial charge in [-0.15, -0.1) is 0 Å².